The maximum Gasteiger partial charge on any atom is 0.325 e. The third kappa shape index (κ3) is 3.94. The molecule has 1 fully saturated rings. The van der Waals surface area contributed by atoms with Crippen LogP contribution in [-0.2, 0) is 6.42 Å². The first kappa shape index (κ1) is 23.0. The Balaban J connectivity index is 1.21. The van der Waals surface area contributed by atoms with E-state index in [1.807, 2.05) is 55.6 Å². The lowest BCUT2D eigenvalue weighted by atomic mass is 9.89. The summed E-state index contributed by atoms with van der Waals surface area (Å²) in [5.41, 5.74) is 3.25. The van der Waals surface area contributed by atoms with Gasteiger partial charge in [-0.2, -0.15) is 0 Å². The summed E-state index contributed by atoms with van der Waals surface area (Å²) in [6, 6.07) is 20.4. The number of aromatic amines is 1. The number of H-pyrrole nitrogens is 1. The quantitative estimate of drug-likeness (QED) is 0.353. The van der Waals surface area contributed by atoms with Crippen LogP contribution < -0.4 is 25.0 Å². The number of ether oxygens (including phenoxy) is 2. The first-order valence-electron chi connectivity index (χ1n) is 12.4. The van der Waals surface area contributed by atoms with Gasteiger partial charge in [0, 0.05) is 41.2 Å². The molecule has 188 valence electrons. The molecule has 0 spiro atoms. The van der Waals surface area contributed by atoms with Gasteiger partial charge in [-0.1, -0.05) is 36.4 Å². The van der Waals surface area contributed by atoms with Gasteiger partial charge in [-0.05, 0) is 49.2 Å². The summed E-state index contributed by atoms with van der Waals surface area (Å²) in [4.78, 5) is 31.1. The molecule has 2 bridgehead atoms. The van der Waals surface area contributed by atoms with Crippen LogP contribution in [0.5, 0.6) is 11.5 Å². The van der Waals surface area contributed by atoms with Crippen molar-refractivity contribution in [2.24, 2.45) is 0 Å². The van der Waals surface area contributed by atoms with Crippen molar-refractivity contribution >= 4 is 28.5 Å². The molecular weight excluding hydrogens is 468 g/mol. The molecule has 2 atom stereocenters. The maximum absolute atomic E-state index is 13.3. The number of rotatable bonds is 6. The van der Waals surface area contributed by atoms with E-state index in [-0.39, 0.29) is 18.0 Å². The summed E-state index contributed by atoms with van der Waals surface area (Å²) < 4.78 is 11.9. The molecule has 3 N–H and O–H groups in total. The van der Waals surface area contributed by atoms with E-state index in [1.165, 1.54) is 0 Å². The number of carbonyl (C=O) groups is 2. The number of fused-ring (bicyclic) bond motifs is 5. The fourth-order valence-corrected chi connectivity index (χ4v) is 5.45. The normalized spacial score (nSPS) is 20.1. The number of hydrogen-bond acceptors (Lipinski definition) is 4. The molecule has 0 radical (unpaired) electrons. The minimum Gasteiger partial charge on any atom is -0.493 e. The molecule has 3 heterocycles. The fourth-order valence-electron chi connectivity index (χ4n) is 5.45. The average Bonchev–Trinajstić information content (AvgIpc) is 3.31. The number of nitrogens with one attached hydrogen (secondary N) is 3. The first-order chi connectivity index (χ1) is 18.0. The Morgan fingerprint density at radius 3 is 2.86 bits per heavy atom. The van der Waals surface area contributed by atoms with Crippen molar-refractivity contribution in [3.8, 4) is 11.5 Å². The molecule has 3 aromatic carbocycles. The van der Waals surface area contributed by atoms with Crippen molar-refractivity contribution in [3.63, 3.8) is 0 Å². The molecule has 2 aliphatic heterocycles. The highest BCUT2D eigenvalue weighted by molar-refractivity contribution is 5.99. The predicted octanol–water partition coefficient (Wildman–Crippen LogP) is 4.92. The Kier molecular flexibility index (Phi) is 5.52. The van der Waals surface area contributed by atoms with Crippen molar-refractivity contribution in [2.45, 2.75) is 31.5 Å². The number of anilines is 1. The van der Waals surface area contributed by atoms with Gasteiger partial charge >= 0.3 is 6.03 Å². The van der Waals surface area contributed by atoms with Crippen molar-refractivity contribution in [1.82, 2.24) is 15.6 Å². The number of benzene rings is 3. The fraction of sp³-hybridized carbons (Fsp3) is 0.241. The Morgan fingerprint density at radius 2 is 2.00 bits per heavy atom. The lowest BCUT2D eigenvalue weighted by molar-refractivity contribution is 0.0349. The highest BCUT2D eigenvalue weighted by Crippen LogP contribution is 2.49. The second-order valence-corrected chi connectivity index (χ2v) is 9.61. The number of para-hydroxylation sites is 2. The van der Waals surface area contributed by atoms with Gasteiger partial charge in [0.05, 0.1) is 18.8 Å². The summed E-state index contributed by atoms with van der Waals surface area (Å²) in [5.74, 6) is 1.05. The van der Waals surface area contributed by atoms with E-state index < -0.39 is 5.72 Å². The SMILES string of the molecule is COc1cccc2c1OC1(C)CC2NC(=O)N1c1cccc(C(=O)NCCc2c[nH]c3ccccc23)c1. The third-order valence-electron chi connectivity index (χ3n) is 7.20. The van der Waals surface area contributed by atoms with E-state index in [2.05, 4.69) is 21.7 Å². The Morgan fingerprint density at radius 1 is 1.16 bits per heavy atom. The molecule has 8 heteroatoms. The molecule has 1 saturated heterocycles. The van der Waals surface area contributed by atoms with Crippen LogP contribution in [0.3, 0.4) is 0 Å². The predicted molar refractivity (Wildman–Crippen MR) is 141 cm³/mol. The number of hydrogen-bond donors (Lipinski definition) is 3. The van der Waals surface area contributed by atoms with Gasteiger partial charge in [0.2, 0.25) is 0 Å². The summed E-state index contributed by atoms with van der Waals surface area (Å²) in [5, 5.41) is 7.25. The van der Waals surface area contributed by atoms with Gasteiger partial charge in [-0.3, -0.25) is 9.69 Å². The number of aromatic nitrogens is 1. The van der Waals surface area contributed by atoms with Gasteiger partial charge in [0.15, 0.2) is 17.2 Å². The van der Waals surface area contributed by atoms with Gasteiger partial charge in [-0.25, -0.2) is 4.79 Å². The maximum atomic E-state index is 13.3. The minimum absolute atomic E-state index is 0.191. The number of urea groups is 1. The van der Waals surface area contributed by atoms with E-state index >= 15 is 0 Å². The molecule has 6 rings (SSSR count). The van der Waals surface area contributed by atoms with Crippen LogP contribution >= 0.6 is 0 Å². The van der Waals surface area contributed by atoms with Crippen LogP contribution in [-0.4, -0.2) is 36.3 Å². The van der Waals surface area contributed by atoms with E-state index in [9.17, 15) is 9.59 Å². The zero-order valence-electron chi connectivity index (χ0n) is 20.7. The molecule has 4 aromatic rings. The van der Waals surface area contributed by atoms with Gasteiger partial charge < -0.3 is 25.1 Å². The van der Waals surface area contributed by atoms with Crippen LogP contribution in [0.2, 0.25) is 0 Å². The summed E-state index contributed by atoms with van der Waals surface area (Å²) in [6.45, 7) is 2.39. The van der Waals surface area contributed by atoms with Crippen LogP contribution in [0.1, 0.15) is 40.9 Å². The van der Waals surface area contributed by atoms with Crippen molar-refractivity contribution in [2.75, 3.05) is 18.6 Å². The number of amides is 3. The molecular formula is C29H28N4O4. The highest BCUT2D eigenvalue weighted by Gasteiger charge is 2.50. The summed E-state index contributed by atoms with van der Waals surface area (Å²) in [6.07, 6.45) is 3.25. The summed E-state index contributed by atoms with van der Waals surface area (Å²) >= 11 is 0. The third-order valence-corrected chi connectivity index (χ3v) is 7.20. The van der Waals surface area contributed by atoms with Crippen LogP contribution in [0.15, 0.2) is 72.9 Å². The topological polar surface area (TPSA) is 95.7 Å². The first-order valence-corrected chi connectivity index (χ1v) is 12.4. The largest absolute Gasteiger partial charge is 0.493 e. The number of carbonyl (C=O) groups excluding carboxylic acids is 2. The molecule has 8 nitrogen and oxygen atoms in total. The van der Waals surface area contributed by atoms with Crippen LogP contribution in [0, 0.1) is 0 Å². The van der Waals surface area contributed by atoms with Gasteiger partial charge in [0.1, 0.15) is 0 Å². The Bertz CT molecular complexity index is 1510. The van der Waals surface area contributed by atoms with Crippen molar-refractivity contribution < 1.29 is 19.1 Å². The molecule has 2 unspecified atom stereocenters. The van der Waals surface area contributed by atoms with Gasteiger partial charge in [-0.15, -0.1) is 0 Å². The highest BCUT2D eigenvalue weighted by atomic mass is 16.5. The molecule has 1 aromatic heterocycles. The van der Waals surface area contributed by atoms with E-state index in [1.54, 1.807) is 30.2 Å². The Labute approximate surface area is 214 Å². The van der Waals surface area contributed by atoms with Crippen LogP contribution in [0.4, 0.5) is 10.5 Å². The van der Waals surface area contributed by atoms with E-state index in [0.717, 1.165) is 22.0 Å². The van der Waals surface area contributed by atoms with Crippen LogP contribution in [0.25, 0.3) is 10.9 Å². The molecule has 2 aliphatic rings. The van der Waals surface area contributed by atoms with Crippen molar-refractivity contribution in [3.05, 3.63) is 89.6 Å². The number of methoxy groups -OCH3 is 1. The standard InChI is InChI=1S/C29H28N4O4/c1-29-16-24(22-10-6-12-25(36-2)26(22)37-29)32-28(35)33(29)20-8-5-7-18(15-20)27(34)30-14-13-19-17-31-23-11-4-3-9-21(19)23/h3-12,15,17,24,31H,13-14,16H2,1-2H3,(H,30,34)(H,32,35). The molecule has 37 heavy (non-hydrogen) atoms. The smallest absolute Gasteiger partial charge is 0.325 e. The monoisotopic (exact) mass is 496 g/mol. The Hall–Kier alpha value is -4.46. The van der Waals surface area contributed by atoms with Gasteiger partial charge in [0.25, 0.3) is 5.91 Å². The lowest BCUT2D eigenvalue weighted by Crippen LogP contribution is -2.65. The van der Waals surface area contributed by atoms with E-state index in [0.29, 0.717) is 42.1 Å². The second-order valence-electron chi connectivity index (χ2n) is 9.61. The number of nitrogens with zero attached hydrogens (tertiary/aromatic N) is 1. The molecule has 0 aliphatic carbocycles. The second kappa shape index (κ2) is 8.89. The zero-order chi connectivity index (χ0) is 25.6. The summed E-state index contributed by atoms with van der Waals surface area (Å²) in [7, 11) is 1.60. The zero-order valence-corrected chi connectivity index (χ0v) is 20.7. The van der Waals surface area contributed by atoms with E-state index in [4.69, 9.17) is 9.47 Å². The average molecular weight is 497 g/mol. The molecule has 3 amide bonds. The minimum atomic E-state index is -0.945. The molecule has 0 saturated carbocycles. The van der Waals surface area contributed by atoms with Crippen molar-refractivity contribution in [1.29, 1.82) is 0 Å². The lowest BCUT2D eigenvalue weighted by Gasteiger charge is -2.50.